The summed E-state index contributed by atoms with van der Waals surface area (Å²) in [7, 11) is 0. The maximum atomic E-state index is 7.24. The molecule has 3 N–H and O–H groups in total. The Morgan fingerprint density at radius 3 is 2.93 bits per heavy atom. The van der Waals surface area contributed by atoms with Gasteiger partial charge in [0.1, 0.15) is 0 Å². The van der Waals surface area contributed by atoms with Crippen molar-refractivity contribution in [2.45, 2.75) is 31.7 Å². The largest absolute Gasteiger partial charge is 0.388 e. The quantitative estimate of drug-likeness (QED) is 0.526. The molecule has 4 heteroatoms. The van der Waals surface area contributed by atoms with E-state index in [4.69, 9.17) is 11.1 Å². The van der Waals surface area contributed by atoms with Crippen molar-refractivity contribution in [2.75, 3.05) is 32.7 Å². The van der Waals surface area contributed by atoms with Gasteiger partial charge in [-0.2, -0.15) is 0 Å². The van der Waals surface area contributed by atoms with Crippen LogP contribution >= 0.6 is 0 Å². The second-order valence-electron chi connectivity index (χ2n) is 4.76. The van der Waals surface area contributed by atoms with Crippen molar-refractivity contribution in [3.05, 3.63) is 0 Å². The Hall–Kier alpha value is -0.610. The lowest BCUT2D eigenvalue weighted by molar-refractivity contribution is 0.0508. The number of amidine groups is 1. The van der Waals surface area contributed by atoms with Gasteiger partial charge in [0.25, 0.3) is 0 Å². The van der Waals surface area contributed by atoms with E-state index in [9.17, 15) is 0 Å². The molecule has 2 fully saturated rings. The molecule has 0 aromatic rings. The van der Waals surface area contributed by atoms with Crippen LogP contribution in [0.2, 0.25) is 0 Å². The molecule has 1 unspecified atom stereocenters. The van der Waals surface area contributed by atoms with Gasteiger partial charge in [-0.1, -0.05) is 6.42 Å². The molecule has 4 nitrogen and oxygen atoms in total. The van der Waals surface area contributed by atoms with Crippen molar-refractivity contribution in [3.63, 3.8) is 0 Å². The number of rotatable bonds is 3. The minimum Gasteiger partial charge on any atom is -0.388 e. The molecule has 2 heterocycles. The van der Waals surface area contributed by atoms with Gasteiger partial charge >= 0.3 is 0 Å². The first kappa shape index (κ1) is 10.9. The predicted molar refractivity (Wildman–Crippen MR) is 62.2 cm³/mol. The van der Waals surface area contributed by atoms with Crippen LogP contribution in [-0.4, -0.2) is 54.4 Å². The summed E-state index contributed by atoms with van der Waals surface area (Å²) in [5.41, 5.74) is 5.39. The highest BCUT2D eigenvalue weighted by molar-refractivity contribution is 5.76. The molecule has 2 rings (SSSR count). The molecule has 0 aromatic carbocycles. The van der Waals surface area contributed by atoms with Gasteiger partial charge in [-0.25, -0.2) is 0 Å². The third-order valence-electron chi connectivity index (χ3n) is 3.62. The normalized spacial score (nSPS) is 28.7. The zero-order chi connectivity index (χ0) is 10.7. The average Bonchev–Trinajstić information content (AvgIpc) is 2.26. The van der Waals surface area contributed by atoms with Gasteiger partial charge in [-0.3, -0.25) is 10.3 Å². The molecule has 0 bridgehead atoms. The van der Waals surface area contributed by atoms with Crippen molar-refractivity contribution in [1.29, 1.82) is 5.41 Å². The van der Waals surface area contributed by atoms with E-state index in [0.29, 0.717) is 5.84 Å². The molecule has 0 radical (unpaired) electrons. The summed E-state index contributed by atoms with van der Waals surface area (Å²) in [4.78, 5) is 5.10. The Morgan fingerprint density at radius 2 is 2.13 bits per heavy atom. The molecule has 0 spiro atoms. The first-order valence-electron chi connectivity index (χ1n) is 6.05. The molecule has 0 aliphatic carbocycles. The van der Waals surface area contributed by atoms with Crippen LogP contribution in [0.5, 0.6) is 0 Å². The van der Waals surface area contributed by atoms with Crippen molar-refractivity contribution in [2.24, 2.45) is 5.73 Å². The number of fused-ring (bicyclic) bond motifs is 1. The summed E-state index contributed by atoms with van der Waals surface area (Å²) in [6.45, 7) is 5.82. The standard InChI is InChI=1S/C11H22N4/c12-11(13)4-6-14-7-8-15-5-2-1-3-10(15)9-14/h10H,1-9H2,(H3,12,13). The predicted octanol–water partition coefficient (Wildman–Crippen LogP) is 0.483. The Labute approximate surface area is 91.9 Å². The Balaban J connectivity index is 1.78. The number of nitrogens with zero attached hydrogens (tertiary/aromatic N) is 2. The van der Waals surface area contributed by atoms with E-state index in [-0.39, 0.29) is 0 Å². The van der Waals surface area contributed by atoms with E-state index in [1.807, 2.05) is 0 Å². The second kappa shape index (κ2) is 4.94. The van der Waals surface area contributed by atoms with Crippen LogP contribution in [0.25, 0.3) is 0 Å². The highest BCUT2D eigenvalue weighted by atomic mass is 15.3. The lowest BCUT2D eigenvalue weighted by Gasteiger charge is -2.44. The zero-order valence-corrected chi connectivity index (χ0v) is 9.41. The summed E-state index contributed by atoms with van der Waals surface area (Å²) in [5.74, 6) is 0.320. The lowest BCUT2D eigenvalue weighted by atomic mass is 9.99. The molecule has 0 aromatic heterocycles. The number of nitrogens with two attached hydrogens (primary N) is 1. The summed E-state index contributed by atoms with van der Waals surface area (Å²) < 4.78 is 0. The SMILES string of the molecule is N=C(N)CCN1CCN2CCCCC2C1. The summed E-state index contributed by atoms with van der Waals surface area (Å²) in [6.07, 6.45) is 4.86. The van der Waals surface area contributed by atoms with Crippen LogP contribution in [0, 0.1) is 5.41 Å². The smallest absolute Gasteiger partial charge is 0.0918 e. The number of nitrogens with one attached hydrogen (secondary N) is 1. The molecular weight excluding hydrogens is 188 g/mol. The van der Waals surface area contributed by atoms with Gasteiger partial charge in [-0.15, -0.1) is 0 Å². The monoisotopic (exact) mass is 210 g/mol. The van der Waals surface area contributed by atoms with Gasteiger partial charge in [0.05, 0.1) is 5.84 Å². The second-order valence-corrected chi connectivity index (χ2v) is 4.76. The van der Waals surface area contributed by atoms with Crippen LogP contribution in [0.4, 0.5) is 0 Å². The number of hydrogen-bond donors (Lipinski definition) is 2. The van der Waals surface area contributed by atoms with Gasteiger partial charge in [-0.05, 0) is 19.4 Å². The topological polar surface area (TPSA) is 56.4 Å². The maximum absolute atomic E-state index is 7.24. The fourth-order valence-corrected chi connectivity index (χ4v) is 2.70. The Bertz CT molecular complexity index is 229. The minimum absolute atomic E-state index is 0.320. The Morgan fingerprint density at radius 1 is 1.27 bits per heavy atom. The number of piperidine rings is 1. The molecule has 2 saturated heterocycles. The van der Waals surface area contributed by atoms with Gasteiger partial charge in [0, 0.05) is 38.6 Å². The van der Waals surface area contributed by atoms with Gasteiger partial charge in [0.2, 0.25) is 0 Å². The molecule has 0 amide bonds. The molecule has 15 heavy (non-hydrogen) atoms. The molecular formula is C11H22N4. The van der Waals surface area contributed by atoms with E-state index < -0.39 is 0 Å². The molecule has 86 valence electrons. The van der Waals surface area contributed by atoms with Crippen molar-refractivity contribution < 1.29 is 0 Å². The fourth-order valence-electron chi connectivity index (χ4n) is 2.70. The summed E-state index contributed by atoms with van der Waals surface area (Å²) in [5, 5.41) is 7.24. The van der Waals surface area contributed by atoms with E-state index in [1.165, 1.54) is 38.9 Å². The average molecular weight is 210 g/mol. The lowest BCUT2D eigenvalue weighted by Crippen LogP contribution is -2.55. The minimum atomic E-state index is 0.320. The van der Waals surface area contributed by atoms with E-state index in [2.05, 4.69) is 9.80 Å². The number of piperazine rings is 1. The van der Waals surface area contributed by atoms with E-state index in [1.54, 1.807) is 0 Å². The van der Waals surface area contributed by atoms with E-state index in [0.717, 1.165) is 25.6 Å². The fraction of sp³-hybridized carbons (Fsp3) is 0.909. The van der Waals surface area contributed by atoms with Crippen molar-refractivity contribution in [3.8, 4) is 0 Å². The van der Waals surface area contributed by atoms with Crippen LogP contribution < -0.4 is 5.73 Å². The third kappa shape index (κ3) is 2.92. The molecule has 2 aliphatic heterocycles. The first-order valence-corrected chi connectivity index (χ1v) is 6.05. The van der Waals surface area contributed by atoms with Gasteiger partial charge < -0.3 is 10.6 Å². The van der Waals surface area contributed by atoms with Gasteiger partial charge in [0.15, 0.2) is 0 Å². The highest BCUT2D eigenvalue weighted by Crippen LogP contribution is 2.20. The third-order valence-corrected chi connectivity index (χ3v) is 3.62. The van der Waals surface area contributed by atoms with Crippen LogP contribution in [0.1, 0.15) is 25.7 Å². The molecule has 2 aliphatic rings. The van der Waals surface area contributed by atoms with Crippen molar-refractivity contribution >= 4 is 5.84 Å². The maximum Gasteiger partial charge on any atom is 0.0918 e. The zero-order valence-electron chi connectivity index (χ0n) is 9.41. The molecule has 1 atom stereocenters. The molecule has 0 saturated carbocycles. The van der Waals surface area contributed by atoms with Crippen molar-refractivity contribution in [1.82, 2.24) is 9.80 Å². The Kier molecular flexibility index (Phi) is 3.59. The van der Waals surface area contributed by atoms with Crippen LogP contribution in [0.3, 0.4) is 0 Å². The summed E-state index contributed by atoms with van der Waals surface area (Å²) >= 11 is 0. The van der Waals surface area contributed by atoms with Crippen LogP contribution in [0.15, 0.2) is 0 Å². The van der Waals surface area contributed by atoms with Crippen LogP contribution in [-0.2, 0) is 0 Å². The van der Waals surface area contributed by atoms with E-state index >= 15 is 0 Å². The summed E-state index contributed by atoms with van der Waals surface area (Å²) in [6, 6.07) is 0.777. The first-order chi connectivity index (χ1) is 7.25. The number of hydrogen-bond acceptors (Lipinski definition) is 3. The highest BCUT2D eigenvalue weighted by Gasteiger charge is 2.28.